The van der Waals surface area contributed by atoms with Crippen molar-refractivity contribution in [3.63, 3.8) is 0 Å². The van der Waals surface area contributed by atoms with Crippen LogP contribution >= 0.6 is 0 Å². The highest BCUT2D eigenvalue weighted by Gasteiger charge is 2.59. The van der Waals surface area contributed by atoms with E-state index in [4.69, 9.17) is 9.47 Å². The number of ether oxygens (including phenoxy) is 2. The van der Waals surface area contributed by atoms with E-state index in [0.29, 0.717) is 24.9 Å². The maximum Gasteiger partial charge on any atom is 0.178 e. The second-order valence-electron chi connectivity index (χ2n) is 4.04. The number of carbonyl (C=O) groups is 1. The Bertz CT molecular complexity index is 230. The van der Waals surface area contributed by atoms with Crippen LogP contribution in [0.2, 0.25) is 0 Å². The van der Waals surface area contributed by atoms with Crippen LogP contribution < -0.4 is 0 Å². The number of Topliss-reactive ketones (excluding diaryl/α,β-unsaturated/α-hetero) is 1. The summed E-state index contributed by atoms with van der Waals surface area (Å²) in [6, 6.07) is 0. The zero-order valence-electron chi connectivity index (χ0n) is 6.91. The molecule has 2 saturated carbocycles. The highest BCUT2D eigenvalue weighted by molar-refractivity contribution is 5.85. The average Bonchev–Trinajstić information content (AvgIpc) is 2.66. The predicted octanol–water partition coefficient (Wildman–Crippen LogP) is 0.728. The Kier molecular flexibility index (Phi) is 1.23. The van der Waals surface area contributed by atoms with Crippen molar-refractivity contribution in [3.8, 4) is 0 Å². The lowest BCUT2D eigenvalue weighted by Crippen LogP contribution is -2.40. The Hall–Kier alpha value is -0.410. The van der Waals surface area contributed by atoms with Crippen molar-refractivity contribution in [1.82, 2.24) is 0 Å². The molecule has 2 atom stereocenters. The van der Waals surface area contributed by atoms with Gasteiger partial charge in [-0.05, 0) is 12.3 Å². The highest BCUT2D eigenvalue weighted by atomic mass is 16.7. The predicted molar refractivity (Wildman–Crippen MR) is 40.5 cm³/mol. The van der Waals surface area contributed by atoms with E-state index in [1.54, 1.807) is 0 Å². The van der Waals surface area contributed by atoms with Crippen LogP contribution in [0.5, 0.6) is 0 Å². The smallest absolute Gasteiger partial charge is 0.178 e. The van der Waals surface area contributed by atoms with Gasteiger partial charge in [-0.2, -0.15) is 0 Å². The number of hydrogen-bond donors (Lipinski definition) is 0. The molecule has 0 aromatic rings. The summed E-state index contributed by atoms with van der Waals surface area (Å²) in [5, 5.41) is 0. The second-order valence-corrected chi connectivity index (χ2v) is 4.04. The topological polar surface area (TPSA) is 35.5 Å². The van der Waals surface area contributed by atoms with Crippen molar-refractivity contribution in [2.75, 3.05) is 13.2 Å². The Morgan fingerprint density at radius 3 is 2.67 bits per heavy atom. The lowest BCUT2D eigenvalue weighted by Gasteiger charge is -2.30. The average molecular weight is 168 g/mol. The molecule has 0 amide bonds. The molecule has 0 radical (unpaired) electrons. The Labute approximate surface area is 71.0 Å². The molecule has 3 aliphatic rings. The number of ketones is 1. The van der Waals surface area contributed by atoms with Crippen LogP contribution in [0.25, 0.3) is 0 Å². The van der Waals surface area contributed by atoms with E-state index in [9.17, 15) is 4.79 Å². The molecule has 0 aromatic carbocycles. The first-order chi connectivity index (χ1) is 5.80. The number of carbonyl (C=O) groups excluding carboxylic acids is 1. The van der Waals surface area contributed by atoms with Gasteiger partial charge in [0, 0.05) is 12.8 Å². The van der Waals surface area contributed by atoms with Crippen molar-refractivity contribution < 1.29 is 14.3 Å². The summed E-state index contributed by atoms with van der Waals surface area (Å²) in [7, 11) is 0. The van der Waals surface area contributed by atoms with Crippen LogP contribution in [-0.4, -0.2) is 24.8 Å². The number of fused-ring (bicyclic) bond motifs is 3. The third-order valence-electron chi connectivity index (χ3n) is 3.33. The van der Waals surface area contributed by atoms with Gasteiger partial charge >= 0.3 is 0 Å². The Morgan fingerprint density at radius 2 is 2.08 bits per heavy atom. The van der Waals surface area contributed by atoms with Gasteiger partial charge in [0.2, 0.25) is 0 Å². The van der Waals surface area contributed by atoms with Gasteiger partial charge in [-0.25, -0.2) is 0 Å². The van der Waals surface area contributed by atoms with E-state index in [1.807, 2.05) is 0 Å². The fraction of sp³-hybridized carbons (Fsp3) is 0.889. The molecule has 0 unspecified atom stereocenters. The molecule has 2 bridgehead atoms. The SMILES string of the molecule is O=C1C[C@H]2C[C@@H]1C1(C2)OCCO1. The molecule has 0 N–H and O–H groups in total. The molecule has 3 fully saturated rings. The third kappa shape index (κ3) is 0.709. The maximum absolute atomic E-state index is 11.4. The summed E-state index contributed by atoms with van der Waals surface area (Å²) in [6.07, 6.45) is 2.71. The van der Waals surface area contributed by atoms with Gasteiger partial charge in [-0.3, -0.25) is 4.79 Å². The summed E-state index contributed by atoms with van der Waals surface area (Å²) in [5.41, 5.74) is 0. The molecule has 12 heavy (non-hydrogen) atoms. The first-order valence-electron chi connectivity index (χ1n) is 4.61. The van der Waals surface area contributed by atoms with Crippen molar-refractivity contribution in [2.45, 2.75) is 25.0 Å². The minimum atomic E-state index is -0.472. The van der Waals surface area contributed by atoms with E-state index < -0.39 is 5.79 Å². The van der Waals surface area contributed by atoms with Crippen molar-refractivity contribution in [1.29, 1.82) is 0 Å². The van der Waals surface area contributed by atoms with Crippen molar-refractivity contribution >= 4 is 5.78 Å². The quantitative estimate of drug-likeness (QED) is 0.535. The van der Waals surface area contributed by atoms with E-state index in [1.165, 1.54) is 0 Å². The molecule has 1 saturated heterocycles. The molecular formula is C9H12O3. The Morgan fingerprint density at radius 1 is 1.33 bits per heavy atom. The molecular weight excluding hydrogens is 156 g/mol. The molecule has 66 valence electrons. The lowest BCUT2D eigenvalue weighted by atomic mass is 9.93. The molecule has 3 heteroatoms. The normalized spacial score (nSPS) is 43.2. The van der Waals surface area contributed by atoms with Gasteiger partial charge in [0.05, 0.1) is 19.1 Å². The Balaban J connectivity index is 1.94. The maximum atomic E-state index is 11.4. The van der Waals surface area contributed by atoms with Crippen LogP contribution in [0.15, 0.2) is 0 Å². The molecule has 3 nitrogen and oxygen atoms in total. The molecule has 1 spiro atoms. The highest BCUT2D eigenvalue weighted by Crippen LogP contribution is 2.52. The van der Waals surface area contributed by atoms with E-state index in [-0.39, 0.29) is 5.92 Å². The van der Waals surface area contributed by atoms with Crippen LogP contribution in [-0.2, 0) is 14.3 Å². The monoisotopic (exact) mass is 168 g/mol. The lowest BCUT2D eigenvalue weighted by molar-refractivity contribution is -0.191. The summed E-state index contributed by atoms with van der Waals surface area (Å²) < 4.78 is 11.1. The van der Waals surface area contributed by atoms with Crippen molar-refractivity contribution in [3.05, 3.63) is 0 Å². The van der Waals surface area contributed by atoms with Gasteiger partial charge in [0.15, 0.2) is 5.79 Å². The molecule has 2 aliphatic carbocycles. The van der Waals surface area contributed by atoms with Crippen LogP contribution in [0.3, 0.4) is 0 Å². The first-order valence-corrected chi connectivity index (χ1v) is 4.61. The largest absolute Gasteiger partial charge is 0.347 e. The van der Waals surface area contributed by atoms with Gasteiger partial charge < -0.3 is 9.47 Å². The van der Waals surface area contributed by atoms with Crippen LogP contribution in [0.4, 0.5) is 0 Å². The molecule has 1 heterocycles. The van der Waals surface area contributed by atoms with Crippen molar-refractivity contribution in [2.24, 2.45) is 11.8 Å². The number of hydrogen-bond acceptors (Lipinski definition) is 3. The number of rotatable bonds is 0. The summed E-state index contributed by atoms with van der Waals surface area (Å²) in [5.74, 6) is 0.485. The van der Waals surface area contributed by atoms with Gasteiger partial charge in [-0.15, -0.1) is 0 Å². The molecule has 3 rings (SSSR count). The zero-order chi connectivity index (χ0) is 8.18. The van der Waals surface area contributed by atoms with Crippen LogP contribution in [0.1, 0.15) is 19.3 Å². The van der Waals surface area contributed by atoms with Gasteiger partial charge in [0.1, 0.15) is 5.78 Å². The van der Waals surface area contributed by atoms with Gasteiger partial charge in [-0.1, -0.05) is 0 Å². The standard InChI is InChI=1S/C9H12O3/c10-8-4-6-3-7(8)9(5-6)11-1-2-12-9/h6-7H,1-5H2/t6-,7+/m1/s1. The minimum Gasteiger partial charge on any atom is -0.347 e. The summed E-state index contributed by atoms with van der Waals surface area (Å²) in [6.45, 7) is 1.33. The molecule has 0 aromatic heterocycles. The van der Waals surface area contributed by atoms with E-state index >= 15 is 0 Å². The van der Waals surface area contributed by atoms with E-state index in [0.717, 1.165) is 19.3 Å². The molecule has 1 aliphatic heterocycles. The fourth-order valence-electron chi connectivity index (χ4n) is 2.89. The van der Waals surface area contributed by atoms with E-state index in [2.05, 4.69) is 0 Å². The van der Waals surface area contributed by atoms with Crippen LogP contribution in [0, 0.1) is 11.8 Å². The van der Waals surface area contributed by atoms with Gasteiger partial charge in [0.25, 0.3) is 0 Å². The second kappa shape index (κ2) is 2.09. The first kappa shape index (κ1) is 7.04. The summed E-state index contributed by atoms with van der Waals surface area (Å²) >= 11 is 0. The zero-order valence-corrected chi connectivity index (χ0v) is 6.91. The summed E-state index contributed by atoms with van der Waals surface area (Å²) in [4.78, 5) is 11.4. The fourth-order valence-corrected chi connectivity index (χ4v) is 2.89. The third-order valence-corrected chi connectivity index (χ3v) is 3.33. The minimum absolute atomic E-state index is 0.0602.